The molecule has 0 saturated carbocycles. The van der Waals surface area contributed by atoms with Crippen LogP contribution in [0.5, 0.6) is 0 Å². The molecule has 0 bridgehead atoms. The van der Waals surface area contributed by atoms with Crippen molar-refractivity contribution in [3.63, 3.8) is 0 Å². The summed E-state index contributed by atoms with van der Waals surface area (Å²) in [5, 5.41) is 0. The Kier molecular flexibility index (Phi) is 79.7. The summed E-state index contributed by atoms with van der Waals surface area (Å²) in [5.74, 6) is 0.833. The van der Waals surface area contributed by atoms with Gasteiger partial charge in [-0.3, -0.25) is 0 Å². The fourth-order valence-corrected chi connectivity index (χ4v) is 1.19. The minimum Gasteiger partial charge on any atom is -0.0877 e. The van der Waals surface area contributed by atoms with E-state index >= 15 is 0 Å². The zero-order chi connectivity index (χ0) is 22.1. The molecule has 0 radical (unpaired) electrons. The maximum Gasteiger partial charge on any atom is -0.0392 e. The van der Waals surface area contributed by atoms with Gasteiger partial charge in [-0.05, 0) is 64.2 Å². The van der Waals surface area contributed by atoms with Gasteiger partial charge in [-0.2, -0.15) is 0 Å². The Morgan fingerprint density at radius 3 is 1.24 bits per heavy atom. The molecule has 0 heteroatoms. The van der Waals surface area contributed by atoms with Crippen LogP contribution in [0.1, 0.15) is 126 Å². The standard InChI is InChI=1S/C16H24.C4H10.3C2H6.3CH4/c1-7-8-11-14(4)16(6)15(5)12-9-10-13(2)3;1-4(2)3;3*1-2;;;/h7-12H,1-6H3;4H,1-3H3;3*1-2H3;3*1H4/b8-7-,12-9-,14-11-,16-15+;;;;;;;. The van der Waals surface area contributed by atoms with Crippen LogP contribution in [0.25, 0.3) is 0 Å². The van der Waals surface area contributed by atoms with Crippen molar-refractivity contribution in [2.24, 2.45) is 5.92 Å². The van der Waals surface area contributed by atoms with E-state index in [-0.39, 0.29) is 22.3 Å². The first kappa shape index (κ1) is 50.9. The van der Waals surface area contributed by atoms with Gasteiger partial charge in [-0.1, -0.05) is 127 Å². The van der Waals surface area contributed by atoms with Crippen LogP contribution in [0, 0.1) is 5.92 Å². The molecule has 0 aliphatic rings. The van der Waals surface area contributed by atoms with Crippen molar-refractivity contribution in [1.29, 1.82) is 0 Å². The van der Waals surface area contributed by atoms with Gasteiger partial charge in [-0.15, -0.1) is 0 Å². The summed E-state index contributed by atoms with van der Waals surface area (Å²) in [7, 11) is 0. The highest BCUT2D eigenvalue weighted by molar-refractivity contribution is 5.38. The highest BCUT2D eigenvalue weighted by Gasteiger charge is 1.94. The van der Waals surface area contributed by atoms with Crippen LogP contribution in [0.2, 0.25) is 0 Å². The molecule has 0 amide bonds. The van der Waals surface area contributed by atoms with Crippen molar-refractivity contribution in [3.8, 4) is 0 Å². The third kappa shape index (κ3) is 58.4. The minimum atomic E-state index is 0. The zero-order valence-corrected chi connectivity index (χ0v) is 21.0. The smallest absolute Gasteiger partial charge is 0.0392 e. The third-order valence-corrected chi connectivity index (χ3v) is 2.50. The van der Waals surface area contributed by atoms with Gasteiger partial charge in [0.1, 0.15) is 0 Å². The molecule has 0 atom stereocenters. The first-order valence-corrected chi connectivity index (χ1v) is 10.5. The highest BCUT2D eigenvalue weighted by atomic mass is 14.0. The van der Waals surface area contributed by atoms with Crippen molar-refractivity contribution in [2.75, 3.05) is 0 Å². The van der Waals surface area contributed by atoms with E-state index in [2.05, 4.69) is 85.8 Å². The molecule has 0 aliphatic carbocycles. The third-order valence-electron chi connectivity index (χ3n) is 2.50. The predicted octanol–water partition coefficient (Wildman–Crippen LogP) is 12.0. The monoisotopic (exact) mass is 413 g/mol. The molecule has 0 fully saturated rings. The molecule has 0 heterocycles. The molecule has 0 aromatic heterocycles. The lowest BCUT2D eigenvalue weighted by Crippen LogP contribution is -1.83. The first-order valence-electron chi connectivity index (χ1n) is 10.5. The summed E-state index contributed by atoms with van der Waals surface area (Å²) >= 11 is 0. The van der Waals surface area contributed by atoms with Gasteiger partial charge in [0, 0.05) is 0 Å². The SMILES string of the molecule is C.C.C.CC.CC.CC.CC(C)C.C\C=C/C=C(C)\C(C)=C(C)\C=C/C=C(C)C. The van der Waals surface area contributed by atoms with E-state index in [0.717, 1.165) is 5.92 Å². The first-order chi connectivity index (χ1) is 12.2. The van der Waals surface area contributed by atoms with Crippen molar-refractivity contribution >= 4 is 0 Å². The molecule has 180 valence electrons. The summed E-state index contributed by atoms with van der Waals surface area (Å²) < 4.78 is 0. The Labute approximate surface area is 191 Å². The largest absolute Gasteiger partial charge is 0.0877 e. The minimum absolute atomic E-state index is 0. The summed E-state index contributed by atoms with van der Waals surface area (Å²) in [6.45, 7) is 31.2. The Morgan fingerprint density at radius 1 is 0.621 bits per heavy atom. The van der Waals surface area contributed by atoms with Crippen LogP contribution in [-0.2, 0) is 0 Å². The van der Waals surface area contributed by atoms with Gasteiger partial charge in [0.15, 0.2) is 0 Å². The molecule has 0 nitrogen and oxygen atoms in total. The Balaban J connectivity index is -0.0000000485. The lowest BCUT2D eigenvalue weighted by molar-refractivity contribution is 0.737. The number of hydrogen-bond acceptors (Lipinski definition) is 0. The molecule has 0 rings (SSSR count). The van der Waals surface area contributed by atoms with Crippen LogP contribution in [0.4, 0.5) is 0 Å². The highest BCUT2D eigenvalue weighted by Crippen LogP contribution is 2.14. The number of allylic oxidation sites excluding steroid dienone is 10. The molecule has 0 spiro atoms. The lowest BCUT2D eigenvalue weighted by Gasteiger charge is -2.03. The maximum absolute atomic E-state index is 2.17. The van der Waals surface area contributed by atoms with Gasteiger partial charge in [0.25, 0.3) is 0 Å². The van der Waals surface area contributed by atoms with E-state index in [1.807, 2.05) is 54.5 Å². The second-order valence-electron chi connectivity index (χ2n) is 6.02. The van der Waals surface area contributed by atoms with Crippen molar-refractivity contribution < 1.29 is 0 Å². The van der Waals surface area contributed by atoms with Gasteiger partial charge < -0.3 is 0 Å². The van der Waals surface area contributed by atoms with Crippen molar-refractivity contribution in [3.05, 3.63) is 58.7 Å². The molecular formula is C29H64. The molecule has 29 heavy (non-hydrogen) atoms. The molecule has 0 aliphatic heterocycles. The van der Waals surface area contributed by atoms with Crippen molar-refractivity contribution in [1.82, 2.24) is 0 Å². The second kappa shape index (κ2) is 45.4. The fourth-order valence-electron chi connectivity index (χ4n) is 1.19. The van der Waals surface area contributed by atoms with E-state index < -0.39 is 0 Å². The molecule has 0 unspecified atom stereocenters. The summed E-state index contributed by atoms with van der Waals surface area (Å²) in [6.07, 6.45) is 12.7. The topological polar surface area (TPSA) is 0 Å². The van der Waals surface area contributed by atoms with Crippen LogP contribution in [-0.4, -0.2) is 0 Å². The van der Waals surface area contributed by atoms with E-state index in [1.54, 1.807) is 0 Å². The van der Waals surface area contributed by atoms with Crippen LogP contribution < -0.4 is 0 Å². The van der Waals surface area contributed by atoms with Crippen LogP contribution in [0.3, 0.4) is 0 Å². The van der Waals surface area contributed by atoms with E-state index in [0.29, 0.717) is 0 Å². The maximum atomic E-state index is 2.17. The van der Waals surface area contributed by atoms with Gasteiger partial charge in [-0.25, -0.2) is 0 Å². The van der Waals surface area contributed by atoms with Gasteiger partial charge in [0.2, 0.25) is 0 Å². The predicted molar refractivity (Wildman–Crippen MR) is 150 cm³/mol. The van der Waals surface area contributed by atoms with Gasteiger partial charge in [0.05, 0.1) is 0 Å². The molecule has 0 aromatic carbocycles. The van der Waals surface area contributed by atoms with E-state index in [1.165, 1.54) is 22.3 Å². The summed E-state index contributed by atoms with van der Waals surface area (Å²) in [5.41, 5.74) is 5.30. The Bertz CT molecular complexity index is 389. The molecular weight excluding hydrogens is 348 g/mol. The van der Waals surface area contributed by atoms with Crippen molar-refractivity contribution in [2.45, 2.75) is 126 Å². The number of hydrogen-bond donors (Lipinski definition) is 0. The molecule has 0 aromatic rings. The quantitative estimate of drug-likeness (QED) is 0.402. The second-order valence-corrected chi connectivity index (χ2v) is 6.02. The van der Waals surface area contributed by atoms with Crippen LogP contribution in [0.15, 0.2) is 58.7 Å². The zero-order valence-electron chi connectivity index (χ0n) is 21.0. The summed E-state index contributed by atoms with van der Waals surface area (Å²) in [4.78, 5) is 0. The average molecular weight is 413 g/mol. The molecule has 0 saturated heterocycles. The Morgan fingerprint density at radius 2 is 0.966 bits per heavy atom. The lowest BCUT2D eigenvalue weighted by atomic mass is 10.0. The number of rotatable bonds is 4. The average Bonchev–Trinajstić information content (AvgIpc) is 2.63. The van der Waals surface area contributed by atoms with E-state index in [4.69, 9.17) is 0 Å². The molecule has 0 N–H and O–H groups in total. The Hall–Kier alpha value is -1.30. The van der Waals surface area contributed by atoms with Gasteiger partial charge >= 0.3 is 0 Å². The van der Waals surface area contributed by atoms with E-state index in [9.17, 15) is 0 Å². The fraction of sp³-hybridized carbons (Fsp3) is 0.655. The van der Waals surface area contributed by atoms with Crippen LogP contribution >= 0.6 is 0 Å². The normalized spacial score (nSPS) is 9.86. The summed E-state index contributed by atoms with van der Waals surface area (Å²) in [6, 6.07) is 0.